The zero-order valence-electron chi connectivity index (χ0n) is 15.7. The molecule has 0 aliphatic carbocycles. The second-order valence-electron chi connectivity index (χ2n) is 6.87. The molecule has 1 N–H and O–H groups in total. The first-order valence-electron chi connectivity index (χ1n) is 8.97. The number of hydrogen-bond acceptors (Lipinski definition) is 3. The van der Waals surface area contributed by atoms with Crippen molar-refractivity contribution in [2.24, 2.45) is 0 Å². The van der Waals surface area contributed by atoms with Crippen LogP contribution in [-0.4, -0.2) is 22.8 Å². The van der Waals surface area contributed by atoms with Gasteiger partial charge in [-0.2, -0.15) is 0 Å². The van der Waals surface area contributed by atoms with E-state index in [1.54, 1.807) is 0 Å². The Morgan fingerprint density at radius 3 is 2.08 bits per heavy atom. The molecule has 0 radical (unpaired) electrons. The predicted molar refractivity (Wildman–Crippen MR) is 105 cm³/mol. The van der Waals surface area contributed by atoms with Crippen molar-refractivity contribution in [3.8, 4) is 0 Å². The van der Waals surface area contributed by atoms with Crippen molar-refractivity contribution in [2.75, 3.05) is 5.32 Å². The summed E-state index contributed by atoms with van der Waals surface area (Å²) >= 11 is 0. The monoisotopic (exact) mass is 348 g/mol. The van der Waals surface area contributed by atoms with Crippen LogP contribution in [0.2, 0.25) is 0 Å². The fraction of sp³-hybridized carbons (Fsp3) is 0.273. The second kappa shape index (κ2) is 7.16. The largest absolute Gasteiger partial charge is 0.350 e. The first kappa shape index (κ1) is 17.9. The molecule has 0 spiro atoms. The normalized spacial score (nSPS) is 14.6. The Balaban J connectivity index is 2.05. The van der Waals surface area contributed by atoms with Crippen LogP contribution in [-0.2, 0) is 16.0 Å². The first-order chi connectivity index (χ1) is 12.4. The first-order valence-corrected chi connectivity index (χ1v) is 8.97. The van der Waals surface area contributed by atoms with Crippen molar-refractivity contribution in [1.82, 2.24) is 4.90 Å². The average Bonchev–Trinajstić information content (AvgIpc) is 2.87. The molecule has 0 unspecified atom stereocenters. The van der Waals surface area contributed by atoms with E-state index in [2.05, 4.69) is 12.2 Å². The summed E-state index contributed by atoms with van der Waals surface area (Å²) in [7, 11) is 0. The molecule has 4 nitrogen and oxygen atoms in total. The van der Waals surface area contributed by atoms with Gasteiger partial charge in [-0.25, -0.2) is 0 Å². The number of aryl methyl sites for hydroxylation is 2. The molecule has 2 amide bonds. The van der Waals surface area contributed by atoms with E-state index in [4.69, 9.17) is 0 Å². The van der Waals surface area contributed by atoms with E-state index in [1.807, 2.05) is 69.3 Å². The summed E-state index contributed by atoms with van der Waals surface area (Å²) in [6, 6.07) is 15.4. The number of nitrogens with zero attached hydrogens (tertiary/aromatic N) is 1. The zero-order chi connectivity index (χ0) is 18.8. The lowest BCUT2D eigenvalue weighted by molar-refractivity contribution is -0.138. The fourth-order valence-electron chi connectivity index (χ4n) is 3.09. The topological polar surface area (TPSA) is 49.4 Å². The summed E-state index contributed by atoms with van der Waals surface area (Å²) in [5.41, 5.74) is 4.66. The number of amides is 2. The summed E-state index contributed by atoms with van der Waals surface area (Å²) in [5, 5.41) is 3.19. The van der Waals surface area contributed by atoms with Crippen LogP contribution in [0, 0.1) is 6.92 Å². The van der Waals surface area contributed by atoms with Gasteiger partial charge in [0.1, 0.15) is 5.70 Å². The molecule has 0 aromatic heterocycles. The van der Waals surface area contributed by atoms with Crippen LogP contribution in [0.3, 0.4) is 0 Å². The third kappa shape index (κ3) is 3.27. The third-order valence-corrected chi connectivity index (χ3v) is 4.60. The zero-order valence-corrected chi connectivity index (χ0v) is 15.7. The van der Waals surface area contributed by atoms with Crippen molar-refractivity contribution in [3.05, 3.63) is 70.9 Å². The molecule has 0 bridgehead atoms. The van der Waals surface area contributed by atoms with Crippen LogP contribution in [0.5, 0.6) is 0 Å². The van der Waals surface area contributed by atoms with Gasteiger partial charge in [-0.3, -0.25) is 14.5 Å². The van der Waals surface area contributed by atoms with Crippen molar-refractivity contribution < 1.29 is 9.59 Å². The summed E-state index contributed by atoms with van der Waals surface area (Å²) < 4.78 is 0. The van der Waals surface area contributed by atoms with Gasteiger partial charge in [0, 0.05) is 11.7 Å². The van der Waals surface area contributed by atoms with E-state index in [-0.39, 0.29) is 17.9 Å². The summed E-state index contributed by atoms with van der Waals surface area (Å²) in [4.78, 5) is 27.2. The summed E-state index contributed by atoms with van der Waals surface area (Å²) in [5.74, 6) is -0.526. The van der Waals surface area contributed by atoms with E-state index in [0.717, 1.165) is 23.2 Å². The van der Waals surface area contributed by atoms with Gasteiger partial charge in [0.05, 0.1) is 5.57 Å². The number of rotatable bonds is 5. The minimum Gasteiger partial charge on any atom is -0.350 e. The molecular formula is C22H24N2O2. The van der Waals surface area contributed by atoms with E-state index >= 15 is 0 Å². The highest BCUT2D eigenvalue weighted by atomic mass is 16.2. The van der Waals surface area contributed by atoms with Crippen molar-refractivity contribution >= 4 is 23.1 Å². The molecule has 1 aliphatic heterocycles. The van der Waals surface area contributed by atoms with Gasteiger partial charge in [0.2, 0.25) is 0 Å². The lowest BCUT2D eigenvalue weighted by Crippen LogP contribution is -2.38. The maximum absolute atomic E-state index is 13.0. The Morgan fingerprint density at radius 1 is 0.923 bits per heavy atom. The fourth-order valence-corrected chi connectivity index (χ4v) is 3.09. The minimum atomic E-state index is -0.278. The number of benzene rings is 2. The molecule has 134 valence electrons. The Kier molecular flexibility index (Phi) is 4.94. The smallest absolute Gasteiger partial charge is 0.278 e. The SMILES string of the molecule is CCc1ccc(NC2=C(c3ccc(C)cc3)C(=O)N(C(C)C)C2=O)cc1. The number of hydrogen-bond donors (Lipinski definition) is 1. The highest BCUT2D eigenvalue weighted by molar-refractivity contribution is 6.36. The number of anilines is 1. The van der Waals surface area contributed by atoms with Crippen molar-refractivity contribution in [2.45, 2.75) is 40.2 Å². The van der Waals surface area contributed by atoms with E-state index in [0.29, 0.717) is 11.3 Å². The van der Waals surface area contributed by atoms with Gasteiger partial charge in [0.25, 0.3) is 11.8 Å². The van der Waals surface area contributed by atoms with E-state index in [9.17, 15) is 9.59 Å². The van der Waals surface area contributed by atoms with Crippen LogP contribution < -0.4 is 5.32 Å². The molecule has 26 heavy (non-hydrogen) atoms. The molecule has 1 heterocycles. The van der Waals surface area contributed by atoms with Gasteiger partial charge in [-0.05, 0) is 50.5 Å². The Hall–Kier alpha value is -2.88. The standard InChI is InChI=1S/C22H24N2O2/c1-5-16-8-12-18(13-9-16)23-20-19(17-10-6-15(4)7-11-17)21(25)24(14(2)3)22(20)26/h6-14,23H,5H2,1-4H3. The maximum atomic E-state index is 13.0. The quantitative estimate of drug-likeness (QED) is 0.826. The Bertz CT molecular complexity index is 862. The van der Waals surface area contributed by atoms with Gasteiger partial charge >= 0.3 is 0 Å². The van der Waals surface area contributed by atoms with E-state index < -0.39 is 0 Å². The molecule has 4 heteroatoms. The molecule has 2 aromatic rings. The molecule has 1 aliphatic rings. The number of carbonyl (C=O) groups is 2. The molecular weight excluding hydrogens is 324 g/mol. The van der Waals surface area contributed by atoms with Gasteiger partial charge < -0.3 is 5.32 Å². The van der Waals surface area contributed by atoms with Gasteiger partial charge in [-0.15, -0.1) is 0 Å². The van der Waals surface area contributed by atoms with E-state index in [1.165, 1.54) is 10.5 Å². The lowest BCUT2D eigenvalue weighted by atomic mass is 10.0. The highest BCUT2D eigenvalue weighted by Crippen LogP contribution is 2.31. The molecule has 2 aromatic carbocycles. The molecule has 0 saturated carbocycles. The van der Waals surface area contributed by atoms with Crippen LogP contribution in [0.15, 0.2) is 54.2 Å². The van der Waals surface area contributed by atoms with Crippen molar-refractivity contribution in [3.63, 3.8) is 0 Å². The Morgan fingerprint density at radius 2 is 1.54 bits per heavy atom. The number of carbonyl (C=O) groups excluding carboxylic acids is 2. The number of nitrogens with one attached hydrogen (secondary N) is 1. The predicted octanol–water partition coefficient (Wildman–Crippen LogP) is 4.16. The molecule has 0 fully saturated rings. The van der Waals surface area contributed by atoms with Crippen LogP contribution in [0.4, 0.5) is 5.69 Å². The summed E-state index contributed by atoms with van der Waals surface area (Å²) in [6.45, 7) is 7.79. The molecule has 3 rings (SSSR count). The average molecular weight is 348 g/mol. The minimum absolute atomic E-state index is 0.197. The lowest BCUT2D eigenvalue weighted by Gasteiger charge is -2.19. The van der Waals surface area contributed by atoms with Crippen LogP contribution >= 0.6 is 0 Å². The van der Waals surface area contributed by atoms with Gasteiger partial charge in [0.15, 0.2) is 0 Å². The highest BCUT2D eigenvalue weighted by Gasteiger charge is 2.40. The maximum Gasteiger partial charge on any atom is 0.278 e. The van der Waals surface area contributed by atoms with Crippen LogP contribution in [0.1, 0.15) is 37.5 Å². The number of imide groups is 1. The van der Waals surface area contributed by atoms with Crippen LogP contribution in [0.25, 0.3) is 5.57 Å². The Labute approximate surface area is 154 Å². The molecule has 0 atom stereocenters. The molecule has 0 saturated heterocycles. The summed E-state index contributed by atoms with van der Waals surface area (Å²) in [6.07, 6.45) is 0.955. The van der Waals surface area contributed by atoms with Crippen molar-refractivity contribution in [1.29, 1.82) is 0 Å². The second-order valence-corrected chi connectivity index (χ2v) is 6.87. The van der Waals surface area contributed by atoms with Gasteiger partial charge in [-0.1, -0.05) is 48.9 Å². The third-order valence-electron chi connectivity index (χ3n) is 4.60.